The highest BCUT2D eigenvalue weighted by molar-refractivity contribution is 6.15. The minimum atomic E-state index is -0.124. The molecule has 4 heterocycles. The number of nitrogens with zero attached hydrogens (tertiary/aromatic N) is 4. The summed E-state index contributed by atoms with van der Waals surface area (Å²) in [5.74, 6) is 1.15. The van der Waals surface area contributed by atoms with Crippen molar-refractivity contribution in [1.82, 2.24) is 0 Å². The van der Waals surface area contributed by atoms with Crippen LogP contribution in [0.5, 0.6) is 23.0 Å². The van der Waals surface area contributed by atoms with Gasteiger partial charge in [-0.3, -0.25) is 29.4 Å². The van der Waals surface area contributed by atoms with Gasteiger partial charge in [-0.15, -0.1) is 0 Å². The van der Waals surface area contributed by atoms with Gasteiger partial charge in [0.2, 0.25) is 0 Å². The molecular weight excluding hydrogens is 644 g/mol. The number of phenols is 1. The van der Waals surface area contributed by atoms with Gasteiger partial charge in [0.25, 0.3) is 11.8 Å². The molecule has 0 aromatic heterocycles. The highest BCUT2D eigenvalue weighted by atomic mass is 16.5. The van der Waals surface area contributed by atoms with Crippen molar-refractivity contribution in [3.63, 3.8) is 0 Å². The molecule has 0 fully saturated rings. The number of aliphatic imine (C=N–C) groups is 2. The number of carbonyl (C=O) groups excluding carboxylic acids is 2. The second-order valence-corrected chi connectivity index (χ2v) is 12.5. The van der Waals surface area contributed by atoms with E-state index in [4.69, 9.17) is 14.2 Å². The van der Waals surface area contributed by atoms with Crippen LogP contribution >= 0.6 is 0 Å². The fourth-order valence-corrected chi connectivity index (χ4v) is 7.01. The van der Waals surface area contributed by atoms with Crippen LogP contribution in [0.2, 0.25) is 0 Å². The summed E-state index contributed by atoms with van der Waals surface area (Å²) in [6.07, 6.45) is 5.16. The summed E-state index contributed by atoms with van der Waals surface area (Å²) in [6.45, 7) is 0.412. The Bertz CT molecular complexity index is 2230. The first-order valence-electron chi connectivity index (χ1n) is 16.6. The Morgan fingerprint density at radius 2 is 1.16 bits per heavy atom. The van der Waals surface area contributed by atoms with E-state index in [9.17, 15) is 14.7 Å². The Morgan fingerprint density at radius 1 is 0.647 bits per heavy atom. The van der Waals surface area contributed by atoms with Gasteiger partial charge in [0.05, 0.1) is 48.8 Å². The van der Waals surface area contributed by atoms with E-state index in [-0.39, 0.29) is 35.4 Å². The van der Waals surface area contributed by atoms with Crippen LogP contribution in [0.15, 0.2) is 113 Å². The molecule has 0 bridgehead atoms. The molecule has 10 heteroatoms. The molecule has 254 valence electrons. The summed E-state index contributed by atoms with van der Waals surface area (Å²) < 4.78 is 16.6. The third-order valence-corrected chi connectivity index (χ3v) is 9.51. The quantitative estimate of drug-likeness (QED) is 0.210. The van der Waals surface area contributed by atoms with Crippen LogP contribution in [0.25, 0.3) is 0 Å². The monoisotopic (exact) mass is 678 g/mol. The Labute approximate surface area is 294 Å². The molecule has 51 heavy (non-hydrogen) atoms. The lowest BCUT2D eigenvalue weighted by atomic mass is 10.1. The molecule has 4 aliphatic heterocycles. The summed E-state index contributed by atoms with van der Waals surface area (Å²) >= 11 is 0. The van der Waals surface area contributed by atoms with Crippen LogP contribution in [0.4, 0.5) is 22.7 Å². The van der Waals surface area contributed by atoms with Crippen molar-refractivity contribution in [2.24, 2.45) is 9.98 Å². The average molecular weight is 679 g/mol. The number of methoxy groups -OCH3 is 2. The lowest BCUT2D eigenvalue weighted by Crippen LogP contribution is -2.37. The molecule has 5 aromatic rings. The summed E-state index contributed by atoms with van der Waals surface area (Å²) in [5, 5.41) is 9.88. The number of anilines is 2. The predicted molar refractivity (Wildman–Crippen MR) is 196 cm³/mol. The van der Waals surface area contributed by atoms with Gasteiger partial charge < -0.3 is 19.3 Å². The van der Waals surface area contributed by atoms with Gasteiger partial charge in [-0.2, -0.15) is 0 Å². The minimum Gasteiger partial charge on any atom is -0.504 e. The average Bonchev–Trinajstić information content (AvgIpc) is 3.65. The standard InChI is InChI=1S/C24H20N2O3.C17H14N2O3/c1-28-22-12-19-20(13-23(22)29-15-16-7-3-2-4-8-16)25-14-18-11-17-9-5-6-10-21(17)26(18)24(19)27;1-22-16-7-12-13(8-15(16)20)18-9-11-6-10-4-2-3-5-14(10)19(11)17(12)21/h2-10,12-14,18H,11,15H2,1H3;2-5,7-9,11,20H,6H2,1H3/t18-;11-/m00/s1. The van der Waals surface area contributed by atoms with Gasteiger partial charge >= 0.3 is 0 Å². The summed E-state index contributed by atoms with van der Waals surface area (Å²) in [4.78, 5) is 39.0. The Morgan fingerprint density at radius 3 is 1.73 bits per heavy atom. The molecule has 4 aliphatic rings. The van der Waals surface area contributed by atoms with E-state index in [1.807, 2.05) is 83.9 Å². The maximum absolute atomic E-state index is 13.4. The van der Waals surface area contributed by atoms with Crippen molar-refractivity contribution in [1.29, 1.82) is 0 Å². The molecule has 0 spiro atoms. The number of aromatic hydroxyl groups is 1. The lowest BCUT2D eigenvalue weighted by Gasteiger charge is -2.22. The zero-order valence-electron chi connectivity index (χ0n) is 28.0. The van der Waals surface area contributed by atoms with Gasteiger partial charge in [-0.25, -0.2) is 0 Å². The molecule has 0 saturated heterocycles. The number of fused-ring (bicyclic) bond motifs is 8. The topological polar surface area (TPSA) is 113 Å². The minimum absolute atomic E-state index is 0.0198. The van der Waals surface area contributed by atoms with E-state index in [2.05, 4.69) is 16.1 Å². The highest BCUT2D eigenvalue weighted by Gasteiger charge is 2.37. The number of amides is 2. The van der Waals surface area contributed by atoms with Crippen LogP contribution in [-0.4, -0.2) is 55.7 Å². The molecule has 9 rings (SSSR count). The maximum Gasteiger partial charge on any atom is 0.261 e. The SMILES string of the molecule is COc1cc2c(cc1O)N=C[C@@H]1Cc3ccccc3N1C2=O.COc1cc2c(cc1OCc1ccccc1)N=C[C@@H]1Cc3ccccc3N1C2=O. The van der Waals surface area contributed by atoms with Crippen LogP contribution in [0.1, 0.15) is 37.4 Å². The third-order valence-electron chi connectivity index (χ3n) is 9.51. The zero-order chi connectivity index (χ0) is 35.1. The molecule has 2 amide bonds. The van der Waals surface area contributed by atoms with Crippen molar-refractivity contribution in [3.8, 4) is 23.0 Å². The summed E-state index contributed by atoms with van der Waals surface area (Å²) in [7, 11) is 3.04. The normalized spacial score (nSPS) is 17.5. The fourth-order valence-electron chi connectivity index (χ4n) is 7.01. The first kappa shape index (κ1) is 31.8. The molecule has 0 saturated carbocycles. The highest BCUT2D eigenvalue weighted by Crippen LogP contribution is 2.42. The Kier molecular flexibility index (Phi) is 8.19. The number of rotatable bonds is 5. The smallest absolute Gasteiger partial charge is 0.261 e. The third kappa shape index (κ3) is 5.74. The lowest BCUT2D eigenvalue weighted by molar-refractivity contribution is 0.0978. The van der Waals surface area contributed by atoms with Gasteiger partial charge in [0.1, 0.15) is 6.61 Å². The second kappa shape index (κ2) is 13.1. The van der Waals surface area contributed by atoms with Crippen LogP contribution in [0, 0.1) is 0 Å². The second-order valence-electron chi connectivity index (χ2n) is 12.5. The van der Waals surface area contributed by atoms with Crippen molar-refractivity contribution >= 4 is 47.0 Å². The maximum atomic E-state index is 13.4. The van der Waals surface area contributed by atoms with Crippen molar-refractivity contribution in [2.75, 3.05) is 24.0 Å². The fraction of sp³-hybridized carbons (Fsp3) is 0.171. The number of hydrogen-bond donors (Lipinski definition) is 1. The molecule has 5 aromatic carbocycles. The number of ether oxygens (including phenoxy) is 3. The van der Waals surface area contributed by atoms with E-state index in [0.29, 0.717) is 40.6 Å². The molecule has 0 aliphatic carbocycles. The number of hydrogen-bond acceptors (Lipinski definition) is 8. The Hall–Kier alpha value is -6.42. The van der Waals surface area contributed by atoms with Crippen molar-refractivity contribution in [3.05, 3.63) is 131 Å². The molecule has 10 nitrogen and oxygen atoms in total. The van der Waals surface area contributed by atoms with Crippen LogP contribution in [-0.2, 0) is 19.4 Å². The molecule has 0 unspecified atom stereocenters. The predicted octanol–water partition coefficient (Wildman–Crippen LogP) is 7.25. The van der Waals surface area contributed by atoms with E-state index >= 15 is 0 Å². The van der Waals surface area contributed by atoms with Gasteiger partial charge in [0, 0.05) is 48.8 Å². The van der Waals surface area contributed by atoms with E-state index in [1.165, 1.54) is 13.2 Å². The van der Waals surface area contributed by atoms with Crippen LogP contribution < -0.4 is 24.0 Å². The van der Waals surface area contributed by atoms with Crippen molar-refractivity contribution < 1.29 is 28.9 Å². The largest absolute Gasteiger partial charge is 0.504 e. The summed E-state index contributed by atoms with van der Waals surface area (Å²) in [5.41, 5.74) is 7.25. The number of para-hydroxylation sites is 2. The number of benzene rings is 5. The Balaban J connectivity index is 0.000000152. The number of carbonyl (C=O) groups is 2. The summed E-state index contributed by atoms with van der Waals surface area (Å²) in [6, 6.07) is 32.2. The van der Waals surface area contributed by atoms with Gasteiger partial charge in [-0.05, 0) is 41.0 Å². The molecule has 0 radical (unpaired) electrons. The van der Waals surface area contributed by atoms with E-state index < -0.39 is 0 Å². The van der Waals surface area contributed by atoms with Gasteiger partial charge in [-0.1, -0.05) is 66.7 Å². The first-order valence-corrected chi connectivity index (χ1v) is 16.6. The van der Waals surface area contributed by atoms with Gasteiger partial charge in [0.15, 0.2) is 23.0 Å². The molecule has 2 atom stereocenters. The first-order chi connectivity index (χ1) is 24.9. The van der Waals surface area contributed by atoms with Crippen LogP contribution in [0.3, 0.4) is 0 Å². The molecular formula is C41H34N4O6. The van der Waals surface area contributed by atoms with E-state index in [0.717, 1.165) is 40.9 Å². The molecule has 1 N–H and O–H groups in total. The van der Waals surface area contributed by atoms with Crippen molar-refractivity contribution in [2.45, 2.75) is 31.5 Å². The zero-order valence-corrected chi connectivity index (χ0v) is 28.0. The number of phenolic OH excluding ortho intramolecular Hbond substituents is 1. The van der Waals surface area contributed by atoms with E-state index in [1.54, 1.807) is 36.4 Å².